The van der Waals surface area contributed by atoms with Gasteiger partial charge in [0.15, 0.2) is 5.00 Å². The summed E-state index contributed by atoms with van der Waals surface area (Å²) in [5, 5.41) is 13.3. The Hall–Kier alpha value is -1.63. The summed E-state index contributed by atoms with van der Waals surface area (Å²) in [7, 11) is 0. The number of rotatable bonds is 2. The van der Waals surface area contributed by atoms with Gasteiger partial charge in [-0.1, -0.05) is 0 Å². The van der Waals surface area contributed by atoms with Gasteiger partial charge in [0.05, 0.1) is 4.92 Å². The van der Waals surface area contributed by atoms with Gasteiger partial charge in [-0.2, -0.15) is 0 Å². The third-order valence-corrected chi connectivity index (χ3v) is 2.60. The number of carbonyl (C=O) groups excluding carboxylic acids is 1. The summed E-state index contributed by atoms with van der Waals surface area (Å²) in [5.41, 5.74) is -0.746. The minimum Gasteiger partial charge on any atom is -0.444 e. The van der Waals surface area contributed by atoms with E-state index in [1.54, 1.807) is 27.7 Å². The minimum absolute atomic E-state index is 0.113. The van der Waals surface area contributed by atoms with Gasteiger partial charge in [-0.15, -0.1) is 11.3 Å². The van der Waals surface area contributed by atoms with Gasteiger partial charge in [-0.05, 0) is 27.7 Å². The maximum Gasteiger partial charge on any atom is 0.412 e. The molecule has 0 radical (unpaired) electrons. The number of ether oxygens (including phenoxy) is 1. The first kappa shape index (κ1) is 13.4. The van der Waals surface area contributed by atoms with E-state index < -0.39 is 16.6 Å². The van der Waals surface area contributed by atoms with Crippen LogP contribution in [0.5, 0.6) is 0 Å². The monoisotopic (exact) mass is 258 g/mol. The van der Waals surface area contributed by atoms with Crippen molar-refractivity contribution in [2.45, 2.75) is 33.3 Å². The number of aryl methyl sites for hydroxylation is 1. The van der Waals surface area contributed by atoms with Crippen LogP contribution in [0.1, 0.15) is 25.6 Å². The lowest BCUT2D eigenvalue weighted by Crippen LogP contribution is -2.27. The molecule has 0 bridgehead atoms. The second kappa shape index (κ2) is 4.70. The molecule has 1 aromatic heterocycles. The largest absolute Gasteiger partial charge is 0.444 e. The van der Waals surface area contributed by atoms with Gasteiger partial charge in [0.2, 0.25) is 0 Å². The van der Waals surface area contributed by atoms with Gasteiger partial charge in [0, 0.05) is 10.9 Å². The fourth-order valence-electron chi connectivity index (χ4n) is 1.12. The van der Waals surface area contributed by atoms with Crippen LogP contribution in [0.3, 0.4) is 0 Å². The molecular weight excluding hydrogens is 244 g/mol. The standard InChI is InChI=1S/C10H14N2O4S/c1-6-5-7(12(14)15)8(17-6)11-9(13)16-10(2,3)4/h5H,1-4H3,(H,11,13). The Labute approximate surface area is 103 Å². The topological polar surface area (TPSA) is 81.5 Å². The van der Waals surface area contributed by atoms with Crippen molar-refractivity contribution in [1.82, 2.24) is 0 Å². The smallest absolute Gasteiger partial charge is 0.412 e. The van der Waals surface area contributed by atoms with Crippen molar-refractivity contribution in [1.29, 1.82) is 0 Å². The van der Waals surface area contributed by atoms with Crippen LogP contribution >= 0.6 is 11.3 Å². The highest BCUT2D eigenvalue weighted by Gasteiger charge is 2.22. The number of nitrogens with one attached hydrogen (secondary N) is 1. The van der Waals surface area contributed by atoms with Crippen LogP contribution in [0.15, 0.2) is 6.07 Å². The van der Waals surface area contributed by atoms with Crippen molar-refractivity contribution < 1.29 is 14.5 Å². The van der Waals surface area contributed by atoms with E-state index in [1.165, 1.54) is 6.07 Å². The molecule has 1 amide bonds. The molecule has 0 aliphatic carbocycles. The van der Waals surface area contributed by atoms with E-state index in [4.69, 9.17) is 4.74 Å². The van der Waals surface area contributed by atoms with E-state index in [2.05, 4.69) is 5.32 Å². The van der Waals surface area contributed by atoms with E-state index in [-0.39, 0.29) is 10.7 Å². The Balaban J connectivity index is 2.81. The van der Waals surface area contributed by atoms with Gasteiger partial charge < -0.3 is 4.74 Å². The average Bonchev–Trinajstić information content (AvgIpc) is 2.42. The number of nitro groups is 1. The maximum absolute atomic E-state index is 11.5. The highest BCUT2D eigenvalue weighted by molar-refractivity contribution is 7.16. The van der Waals surface area contributed by atoms with E-state index >= 15 is 0 Å². The van der Waals surface area contributed by atoms with E-state index in [1.807, 2.05) is 0 Å². The summed E-state index contributed by atoms with van der Waals surface area (Å²) in [5.74, 6) is 0. The Bertz CT molecular complexity index is 448. The summed E-state index contributed by atoms with van der Waals surface area (Å²) >= 11 is 1.14. The summed E-state index contributed by atoms with van der Waals surface area (Å²) < 4.78 is 5.02. The third kappa shape index (κ3) is 4.03. The number of anilines is 1. The molecule has 0 aliphatic rings. The predicted molar refractivity (Wildman–Crippen MR) is 65.6 cm³/mol. The quantitative estimate of drug-likeness (QED) is 0.651. The molecule has 1 rings (SSSR count). The molecule has 0 fully saturated rings. The summed E-state index contributed by atoms with van der Waals surface area (Å²) in [6.07, 6.45) is -0.692. The van der Waals surface area contributed by atoms with Crippen LogP contribution < -0.4 is 5.32 Å². The van der Waals surface area contributed by atoms with Gasteiger partial charge in [0.1, 0.15) is 5.60 Å². The first-order valence-corrected chi connectivity index (χ1v) is 5.75. The van der Waals surface area contributed by atoms with Crippen molar-refractivity contribution in [2.75, 3.05) is 5.32 Å². The lowest BCUT2D eigenvalue weighted by molar-refractivity contribution is -0.383. The second-order valence-electron chi connectivity index (χ2n) is 4.46. The van der Waals surface area contributed by atoms with Gasteiger partial charge in [0.25, 0.3) is 0 Å². The molecular formula is C10H14N2O4S. The first-order valence-electron chi connectivity index (χ1n) is 4.94. The van der Waals surface area contributed by atoms with E-state index in [9.17, 15) is 14.9 Å². The van der Waals surface area contributed by atoms with Crippen molar-refractivity contribution in [3.05, 3.63) is 21.1 Å². The van der Waals surface area contributed by atoms with Crippen molar-refractivity contribution in [3.8, 4) is 0 Å². The van der Waals surface area contributed by atoms with Crippen molar-refractivity contribution in [3.63, 3.8) is 0 Å². The van der Waals surface area contributed by atoms with Crippen LogP contribution in [-0.4, -0.2) is 16.6 Å². The lowest BCUT2D eigenvalue weighted by atomic mass is 10.2. The molecule has 0 aliphatic heterocycles. The number of nitrogens with zero attached hydrogens (tertiary/aromatic N) is 1. The lowest BCUT2D eigenvalue weighted by Gasteiger charge is -2.19. The van der Waals surface area contributed by atoms with Crippen LogP contribution in [0.4, 0.5) is 15.5 Å². The molecule has 6 nitrogen and oxygen atoms in total. The van der Waals surface area contributed by atoms with E-state index in [0.717, 1.165) is 16.2 Å². The number of hydrogen-bond donors (Lipinski definition) is 1. The normalized spacial score (nSPS) is 11.1. The molecule has 1 aromatic rings. The zero-order valence-electron chi connectivity index (χ0n) is 10.1. The van der Waals surface area contributed by atoms with Crippen molar-refractivity contribution in [2.24, 2.45) is 0 Å². The molecule has 1 heterocycles. The van der Waals surface area contributed by atoms with Crippen LogP contribution in [0.2, 0.25) is 0 Å². The Morgan fingerprint density at radius 1 is 1.53 bits per heavy atom. The zero-order valence-corrected chi connectivity index (χ0v) is 10.9. The Kier molecular flexibility index (Phi) is 3.72. The Morgan fingerprint density at radius 2 is 2.12 bits per heavy atom. The number of hydrogen-bond acceptors (Lipinski definition) is 5. The summed E-state index contributed by atoms with van der Waals surface area (Å²) in [4.78, 5) is 22.4. The molecule has 0 saturated carbocycles. The molecule has 0 aromatic carbocycles. The van der Waals surface area contributed by atoms with Crippen LogP contribution in [0.25, 0.3) is 0 Å². The van der Waals surface area contributed by atoms with Crippen LogP contribution in [-0.2, 0) is 4.74 Å². The van der Waals surface area contributed by atoms with Crippen molar-refractivity contribution >= 4 is 28.1 Å². The molecule has 0 spiro atoms. The maximum atomic E-state index is 11.5. The van der Waals surface area contributed by atoms with E-state index in [0.29, 0.717) is 0 Å². The fraction of sp³-hybridized carbons (Fsp3) is 0.500. The van der Waals surface area contributed by atoms with Gasteiger partial charge in [-0.3, -0.25) is 15.4 Å². The molecule has 7 heteroatoms. The first-order chi connectivity index (χ1) is 7.69. The average molecular weight is 258 g/mol. The number of thiophene rings is 1. The molecule has 0 atom stereocenters. The summed E-state index contributed by atoms with van der Waals surface area (Å²) in [6.45, 7) is 6.90. The minimum atomic E-state index is -0.692. The van der Waals surface area contributed by atoms with Gasteiger partial charge >= 0.3 is 11.8 Å². The van der Waals surface area contributed by atoms with Crippen LogP contribution in [0, 0.1) is 17.0 Å². The molecule has 94 valence electrons. The highest BCUT2D eigenvalue weighted by Crippen LogP contribution is 2.34. The van der Waals surface area contributed by atoms with Gasteiger partial charge in [-0.25, -0.2) is 4.79 Å². The highest BCUT2D eigenvalue weighted by atomic mass is 32.1. The number of carbonyl (C=O) groups is 1. The SMILES string of the molecule is Cc1cc([N+](=O)[O-])c(NC(=O)OC(C)(C)C)s1. The third-order valence-electron chi connectivity index (χ3n) is 1.65. The summed E-state index contributed by atoms with van der Waals surface area (Å²) in [6, 6.07) is 1.41. The molecule has 0 unspecified atom stereocenters. The number of amides is 1. The predicted octanol–water partition coefficient (Wildman–Crippen LogP) is 3.31. The fourth-order valence-corrected chi connectivity index (χ4v) is 1.99. The second-order valence-corrected chi connectivity index (χ2v) is 5.71. The molecule has 0 saturated heterocycles. The molecule has 1 N–H and O–H groups in total. The Morgan fingerprint density at radius 3 is 2.59 bits per heavy atom. The molecule has 17 heavy (non-hydrogen) atoms. The zero-order chi connectivity index (χ0) is 13.2.